The number of carbonyl (C=O) groups excluding carboxylic acids is 1. The normalized spacial score (nSPS) is 22.9. The van der Waals surface area contributed by atoms with Crippen molar-refractivity contribution in [2.45, 2.75) is 77.7 Å². The highest BCUT2D eigenvalue weighted by atomic mass is 16.5. The summed E-state index contributed by atoms with van der Waals surface area (Å²) in [4.78, 5) is 11.8. The van der Waals surface area contributed by atoms with Crippen LogP contribution in [0.5, 0.6) is 11.5 Å². The van der Waals surface area contributed by atoms with Crippen molar-refractivity contribution in [2.24, 2.45) is 5.92 Å². The second-order valence-electron chi connectivity index (χ2n) is 8.44. The van der Waals surface area contributed by atoms with Crippen molar-refractivity contribution in [1.29, 1.82) is 0 Å². The van der Waals surface area contributed by atoms with Crippen molar-refractivity contribution >= 4 is 5.97 Å². The quantitative estimate of drug-likeness (QED) is 0.333. The van der Waals surface area contributed by atoms with E-state index in [4.69, 9.17) is 9.47 Å². The topological polar surface area (TPSA) is 55.8 Å². The molecule has 3 rings (SSSR count). The number of allylic oxidation sites excluding steroid dienone is 1. The Morgan fingerprint density at radius 2 is 2.11 bits per heavy atom. The summed E-state index contributed by atoms with van der Waals surface area (Å²) in [5.41, 5.74) is 2.90. The van der Waals surface area contributed by atoms with Gasteiger partial charge in [0.15, 0.2) is 0 Å². The van der Waals surface area contributed by atoms with Crippen LogP contribution in [0.3, 0.4) is 0 Å². The standard InChI is InChI=1S/C23H32O4/c1-5-6-7-8-16-12-20(26-15(2)25)22-18-11-17(14-24)9-10-19(18)23(3,4)27-21(22)13-16/h9,12-13,18-19,24H,5-8,10-11,14H2,1-4H3. The van der Waals surface area contributed by atoms with Crippen LogP contribution in [0.15, 0.2) is 23.8 Å². The van der Waals surface area contributed by atoms with E-state index in [-0.39, 0.29) is 24.1 Å². The van der Waals surface area contributed by atoms with E-state index in [0.717, 1.165) is 48.1 Å². The summed E-state index contributed by atoms with van der Waals surface area (Å²) in [6.45, 7) is 8.00. The lowest BCUT2D eigenvalue weighted by Crippen LogP contribution is -2.45. The third-order valence-electron chi connectivity index (χ3n) is 5.95. The highest BCUT2D eigenvalue weighted by Gasteiger charge is 2.46. The molecule has 0 saturated heterocycles. The molecule has 1 aromatic rings. The molecule has 4 heteroatoms. The molecule has 1 aliphatic carbocycles. The Labute approximate surface area is 162 Å². The van der Waals surface area contributed by atoms with Gasteiger partial charge in [0.05, 0.1) is 6.61 Å². The Hall–Kier alpha value is -1.81. The van der Waals surface area contributed by atoms with Crippen molar-refractivity contribution in [2.75, 3.05) is 6.61 Å². The molecule has 0 saturated carbocycles. The molecule has 1 heterocycles. The molecule has 1 N–H and O–H groups in total. The number of esters is 1. The minimum Gasteiger partial charge on any atom is -0.487 e. The monoisotopic (exact) mass is 372 g/mol. The molecular weight excluding hydrogens is 340 g/mol. The number of carbonyl (C=O) groups is 1. The van der Waals surface area contributed by atoms with E-state index < -0.39 is 0 Å². The van der Waals surface area contributed by atoms with Gasteiger partial charge in [-0.15, -0.1) is 0 Å². The van der Waals surface area contributed by atoms with Crippen molar-refractivity contribution in [3.05, 3.63) is 34.9 Å². The van der Waals surface area contributed by atoms with Crippen molar-refractivity contribution < 1.29 is 19.4 Å². The van der Waals surface area contributed by atoms with Gasteiger partial charge < -0.3 is 14.6 Å². The van der Waals surface area contributed by atoms with Crippen LogP contribution in [-0.2, 0) is 11.2 Å². The third-order valence-corrected chi connectivity index (χ3v) is 5.95. The highest BCUT2D eigenvalue weighted by Crippen LogP contribution is 2.54. The lowest BCUT2D eigenvalue weighted by molar-refractivity contribution is -0.132. The first kappa shape index (κ1) is 19.9. The molecule has 0 aromatic heterocycles. The second kappa shape index (κ2) is 8.05. The zero-order valence-electron chi connectivity index (χ0n) is 17.0. The molecule has 1 aromatic carbocycles. The summed E-state index contributed by atoms with van der Waals surface area (Å²) >= 11 is 0. The molecule has 0 radical (unpaired) electrons. The molecule has 4 nitrogen and oxygen atoms in total. The molecule has 2 atom stereocenters. The zero-order valence-corrected chi connectivity index (χ0v) is 17.0. The van der Waals surface area contributed by atoms with Gasteiger partial charge in [0, 0.05) is 24.3 Å². The Morgan fingerprint density at radius 1 is 1.33 bits per heavy atom. The number of benzene rings is 1. The van der Waals surface area contributed by atoms with Crippen LogP contribution in [0, 0.1) is 5.92 Å². The number of hydrogen-bond donors (Lipinski definition) is 1. The van der Waals surface area contributed by atoms with Gasteiger partial charge >= 0.3 is 5.97 Å². The molecule has 148 valence electrons. The first-order chi connectivity index (χ1) is 12.9. The van der Waals surface area contributed by atoms with E-state index in [0.29, 0.717) is 11.7 Å². The van der Waals surface area contributed by atoms with Gasteiger partial charge in [-0.3, -0.25) is 4.79 Å². The fourth-order valence-electron chi connectivity index (χ4n) is 4.59. The minimum atomic E-state index is -0.307. The predicted molar refractivity (Wildman–Crippen MR) is 106 cm³/mol. The van der Waals surface area contributed by atoms with Crippen LogP contribution in [0.2, 0.25) is 0 Å². The maximum atomic E-state index is 11.8. The van der Waals surface area contributed by atoms with Crippen LogP contribution in [0.25, 0.3) is 0 Å². The fraction of sp³-hybridized carbons (Fsp3) is 0.609. The smallest absolute Gasteiger partial charge is 0.308 e. The van der Waals surface area contributed by atoms with Crippen molar-refractivity contribution in [3.63, 3.8) is 0 Å². The summed E-state index contributed by atoms with van der Waals surface area (Å²) in [6, 6.07) is 4.15. The maximum Gasteiger partial charge on any atom is 0.308 e. The number of aryl methyl sites for hydroxylation is 1. The van der Waals surface area contributed by atoms with Gasteiger partial charge in [-0.05, 0) is 62.8 Å². The summed E-state index contributed by atoms with van der Waals surface area (Å²) in [7, 11) is 0. The molecule has 0 bridgehead atoms. The number of aliphatic hydroxyl groups is 1. The van der Waals surface area contributed by atoms with E-state index in [9.17, 15) is 9.90 Å². The number of rotatable bonds is 6. The zero-order chi connectivity index (χ0) is 19.6. The van der Waals surface area contributed by atoms with Crippen LogP contribution in [-0.4, -0.2) is 23.3 Å². The van der Waals surface area contributed by atoms with Gasteiger partial charge in [-0.1, -0.05) is 25.8 Å². The average Bonchev–Trinajstić information content (AvgIpc) is 2.60. The average molecular weight is 373 g/mol. The minimum absolute atomic E-state index is 0.0812. The maximum absolute atomic E-state index is 11.8. The third kappa shape index (κ3) is 4.21. The molecule has 0 amide bonds. The van der Waals surface area contributed by atoms with Gasteiger partial charge in [0.25, 0.3) is 0 Å². The summed E-state index contributed by atoms with van der Waals surface area (Å²) < 4.78 is 12.1. The van der Waals surface area contributed by atoms with E-state index in [1.807, 2.05) is 6.07 Å². The predicted octanol–water partition coefficient (Wildman–Crippen LogP) is 4.93. The van der Waals surface area contributed by atoms with Crippen molar-refractivity contribution in [3.8, 4) is 11.5 Å². The van der Waals surface area contributed by atoms with Crippen LogP contribution in [0.4, 0.5) is 0 Å². The number of ether oxygens (including phenoxy) is 2. The number of fused-ring (bicyclic) bond motifs is 3. The first-order valence-electron chi connectivity index (χ1n) is 10.2. The molecule has 2 unspecified atom stereocenters. The summed E-state index contributed by atoms with van der Waals surface area (Å²) in [5.74, 6) is 1.65. The van der Waals surface area contributed by atoms with E-state index in [1.165, 1.54) is 19.8 Å². The van der Waals surface area contributed by atoms with Gasteiger partial charge in [-0.25, -0.2) is 0 Å². The summed E-state index contributed by atoms with van der Waals surface area (Å²) in [5, 5.41) is 9.65. The Kier molecular flexibility index (Phi) is 5.95. The summed E-state index contributed by atoms with van der Waals surface area (Å²) in [6.07, 6.45) is 8.21. The Bertz CT molecular complexity index is 732. The molecule has 0 fully saturated rings. The molecule has 27 heavy (non-hydrogen) atoms. The van der Waals surface area contributed by atoms with Gasteiger partial charge in [0.2, 0.25) is 0 Å². The lowest BCUT2D eigenvalue weighted by atomic mass is 9.67. The first-order valence-corrected chi connectivity index (χ1v) is 10.2. The Balaban J connectivity index is 2.05. The molecule has 2 aliphatic rings. The van der Waals surface area contributed by atoms with Gasteiger partial charge in [-0.2, -0.15) is 0 Å². The molecular formula is C23H32O4. The largest absolute Gasteiger partial charge is 0.487 e. The van der Waals surface area contributed by atoms with Crippen LogP contribution in [0.1, 0.15) is 76.8 Å². The fourth-order valence-corrected chi connectivity index (χ4v) is 4.59. The second-order valence-corrected chi connectivity index (χ2v) is 8.44. The van der Waals surface area contributed by atoms with Crippen LogP contribution < -0.4 is 9.47 Å². The SMILES string of the molecule is CCCCCc1cc(OC(C)=O)c2c(c1)OC(C)(C)C1CC=C(CO)CC21. The van der Waals surface area contributed by atoms with Crippen molar-refractivity contribution in [1.82, 2.24) is 0 Å². The van der Waals surface area contributed by atoms with E-state index in [1.54, 1.807) is 0 Å². The number of unbranched alkanes of at least 4 members (excludes halogenated alkanes) is 2. The molecule has 1 aliphatic heterocycles. The highest BCUT2D eigenvalue weighted by molar-refractivity contribution is 5.71. The van der Waals surface area contributed by atoms with Crippen LogP contribution >= 0.6 is 0 Å². The van der Waals surface area contributed by atoms with E-state index >= 15 is 0 Å². The Morgan fingerprint density at radius 3 is 2.78 bits per heavy atom. The number of hydrogen-bond acceptors (Lipinski definition) is 4. The number of aliphatic hydroxyl groups excluding tert-OH is 1. The molecule has 0 spiro atoms. The van der Waals surface area contributed by atoms with E-state index in [2.05, 4.69) is 32.9 Å². The van der Waals surface area contributed by atoms with Gasteiger partial charge in [0.1, 0.15) is 17.1 Å². The lowest BCUT2D eigenvalue weighted by Gasteiger charge is -2.47.